The average Bonchev–Trinajstić information content (AvgIpc) is 2.83. The number of fused-ring (bicyclic) bond motifs is 5. The normalized spacial score (nSPS) is 14.4. The molecule has 1 N–H and O–H groups in total. The Labute approximate surface area is 182 Å². The number of hydrogen-bond donors (Lipinski definition) is 1. The quantitative estimate of drug-likeness (QED) is 0.336. The van der Waals surface area contributed by atoms with Crippen molar-refractivity contribution in [2.75, 3.05) is 0 Å². The molecule has 0 atom stereocenters. The minimum Gasteiger partial charge on any atom is -0.507 e. The molecule has 0 heterocycles. The van der Waals surface area contributed by atoms with Crippen LogP contribution in [0, 0.1) is 11.3 Å². The van der Waals surface area contributed by atoms with Crippen molar-refractivity contribution in [1.29, 1.82) is 5.26 Å². The van der Waals surface area contributed by atoms with Crippen LogP contribution in [0.2, 0.25) is 0 Å². The Morgan fingerprint density at radius 1 is 0.774 bits per heavy atom. The van der Waals surface area contributed by atoms with Gasteiger partial charge >= 0.3 is 0 Å². The molecule has 2 aliphatic carbocycles. The van der Waals surface area contributed by atoms with E-state index in [0.29, 0.717) is 5.75 Å². The Bertz CT molecular complexity index is 1400. The molecule has 0 aromatic heterocycles. The smallest absolute Gasteiger partial charge is 0.123 e. The first-order valence-corrected chi connectivity index (χ1v) is 10.8. The zero-order valence-electron chi connectivity index (χ0n) is 17.3. The van der Waals surface area contributed by atoms with E-state index >= 15 is 0 Å². The molecule has 0 amide bonds. The van der Waals surface area contributed by atoms with Crippen LogP contribution in [-0.4, -0.2) is 5.11 Å². The molecule has 0 bridgehead atoms. The Morgan fingerprint density at radius 2 is 1.58 bits per heavy atom. The van der Waals surface area contributed by atoms with Crippen molar-refractivity contribution in [3.8, 4) is 11.8 Å². The lowest BCUT2D eigenvalue weighted by molar-refractivity contribution is 0.481. The maximum Gasteiger partial charge on any atom is 0.123 e. The first-order valence-electron chi connectivity index (χ1n) is 10.8. The highest BCUT2D eigenvalue weighted by atomic mass is 16.3. The lowest BCUT2D eigenvalue weighted by Crippen LogP contribution is -2.07. The van der Waals surface area contributed by atoms with Crippen LogP contribution in [0.5, 0.6) is 5.75 Å². The monoisotopic (exact) mass is 401 g/mol. The summed E-state index contributed by atoms with van der Waals surface area (Å²) in [5.41, 5.74) is 6.38. The van der Waals surface area contributed by atoms with E-state index in [-0.39, 0.29) is 0 Å². The van der Waals surface area contributed by atoms with Crippen molar-refractivity contribution in [2.24, 2.45) is 0 Å². The Kier molecular flexibility index (Phi) is 5.02. The van der Waals surface area contributed by atoms with Crippen LogP contribution >= 0.6 is 0 Å². The standard InChI is InChI=1S/C18H16O.C11H7N/c19-17-7-3-5-13-9-10-15-14-6-2-1-4-12(14)8-11-16(15)18(13)17;12-8-10-6-3-5-9-4-1-2-7-11(9)10/h2-3,5-7,9-10,19H,1,4,8,11H2;1-7H. The molecule has 0 spiro atoms. The summed E-state index contributed by atoms with van der Waals surface area (Å²) in [6.45, 7) is 0. The topological polar surface area (TPSA) is 44.0 Å². The van der Waals surface area contributed by atoms with Gasteiger partial charge in [0.1, 0.15) is 5.75 Å². The van der Waals surface area contributed by atoms with Crippen LogP contribution in [0.25, 0.3) is 27.1 Å². The second kappa shape index (κ2) is 8.13. The number of hydrogen-bond acceptors (Lipinski definition) is 2. The molecule has 31 heavy (non-hydrogen) atoms. The minimum absolute atomic E-state index is 0.415. The second-order valence-electron chi connectivity index (χ2n) is 8.06. The number of aromatic hydroxyl groups is 1. The maximum absolute atomic E-state index is 10.2. The number of phenolic OH excluding ortho intramolecular Hbond substituents is 1. The fourth-order valence-electron chi connectivity index (χ4n) is 4.80. The molecule has 0 saturated heterocycles. The van der Waals surface area contributed by atoms with Crippen molar-refractivity contribution in [1.82, 2.24) is 0 Å². The number of aryl methyl sites for hydroxylation is 1. The highest BCUT2D eigenvalue weighted by molar-refractivity contribution is 5.97. The van der Waals surface area contributed by atoms with Gasteiger partial charge in [-0.15, -0.1) is 0 Å². The molecule has 4 aromatic carbocycles. The number of nitriles is 1. The number of allylic oxidation sites excluding steroid dienone is 4. The predicted octanol–water partition coefficient (Wildman–Crippen LogP) is 7.31. The summed E-state index contributed by atoms with van der Waals surface area (Å²) in [5.74, 6) is 0.415. The van der Waals surface area contributed by atoms with Crippen LogP contribution in [0.15, 0.2) is 90.5 Å². The summed E-state index contributed by atoms with van der Waals surface area (Å²) in [4.78, 5) is 0. The van der Waals surface area contributed by atoms with Crippen molar-refractivity contribution >= 4 is 27.1 Å². The first-order chi connectivity index (χ1) is 15.3. The van der Waals surface area contributed by atoms with Gasteiger partial charge in [0, 0.05) is 5.39 Å². The summed E-state index contributed by atoms with van der Waals surface area (Å²) in [7, 11) is 0. The minimum atomic E-state index is 0.415. The molecule has 6 rings (SSSR count). The summed E-state index contributed by atoms with van der Waals surface area (Å²) >= 11 is 0. The summed E-state index contributed by atoms with van der Waals surface area (Å²) in [5, 5.41) is 23.3. The molecular weight excluding hydrogens is 378 g/mol. The van der Waals surface area contributed by atoms with Gasteiger partial charge in [0.2, 0.25) is 0 Å². The van der Waals surface area contributed by atoms with E-state index in [4.69, 9.17) is 5.26 Å². The van der Waals surface area contributed by atoms with Gasteiger partial charge in [-0.2, -0.15) is 5.26 Å². The maximum atomic E-state index is 10.2. The van der Waals surface area contributed by atoms with E-state index in [1.54, 1.807) is 11.6 Å². The fourth-order valence-corrected chi connectivity index (χ4v) is 4.80. The number of rotatable bonds is 0. The zero-order chi connectivity index (χ0) is 21.2. The van der Waals surface area contributed by atoms with Gasteiger partial charge in [-0.05, 0) is 70.7 Å². The highest BCUT2D eigenvalue weighted by Gasteiger charge is 2.21. The highest BCUT2D eigenvalue weighted by Crippen LogP contribution is 2.41. The summed E-state index contributed by atoms with van der Waals surface area (Å²) in [6.07, 6.45) is 9.10. The third-order valence-electron chi connectivity index (χ3n) is 6.29. The number of phenols is 1. The number of nitrogens with zero attached hydrogens (tertiary/aromatic N) is 1. The van der Waals surface area contributed by atoms with Gasteiger partial charge in [-0.1, -0.05) is 78.4 Å². The van der Waals surface area contributed by atoms with E-state index in [9.17, 15) is 5.11 Å². The molecule has 2 nitrogen and oxygen atoms in total. The molecule has 2 aliphatic rings. The molecule has 0 saturated carbocycles. The molecule has 0 unspecified atom stereocenters. The van der Waals surface area contributed by atoms with E-state index in [1.807, 2.05) is 48.5 Å². The van der Waals surface area contributed by atoms with Gasteiger partial charge in [0.15, 0.2) is 0 Å². The Balaban J connectivity index is 0.000000147. The van der Waals surface area contributed by atoms with Crippen molar-refractivity contribution in [3.05, 3.63) is 107 Å². The molecule has 4 aromatic rings. The molecule has 0 radical (unpaired) electrons. The van der Waals surface area contributed by atoms with E-state index in [1.165, 1.54) is 29.5 Å². The Morgan fingerprint density at radius 3 is 2.48 bits per heavy atom. The summed E-state index contributed by atoms with van der Waals surface area (Å²) < 4.78 is 0. The van der Waals surface area contributed by atoms with Crippen molar-refractivity contribution in [2.45, 2.75) is 25.7 Å². The molecule has 150 valence electrons. The fraction of sp³-hybridized carbons (Fsp3) is 0.138. The Hall–Kier alpha value is -3.83. The molecular formula is C29H23NO. The van der Waals surface area contributed by atoms with Crippen LogP contribution < -0.4 is 0 Å². The second-order valence-corrected chi connectivity index (χ2v) is 8.06. The average molecular weight is 402 g/mol. The third-order valence-corrected chi connectivity index (χ3v) is 6.29. The molecule has 0 fully saturated rings. The van der Waals surface area contributed by atoms with Crippen LogP contribution in [0.3, 0.4) is 0 Å². The van der Waals surface area contributed by atoms with E-state index in [0.717, 1.165) is 39.9 Å². The van der Waals surface area contributed by atoms with Gasteiger partial charge in [0.05, 0.1) is 11.6 Å². The van der Waals surface area contributed by atoms with Gasteiger partial charge < -0.3 is 5.11 Å². The van der Waals surface area contributed by atoms with Crippen LogP contribution in [-0.2, 0) is 6.42 Å². The molecule has 0 aliphatic heterocycles. The van der Waals surface area contributed by atoms with Gasteiger partial charge in [-0.25, -0.2) is 0 Å². The molecule has 2 heteroatoms. The predicted molar refractivity (Wildman–Crippen MR) is 128 cm³/mol. The largest absolute Gasteiger partial charge is 0.507 e. The third kappa shape index (κ3) is 3.49. The lowest BCUT2D eigenvalue weighted by Gasteiger charge is -2.25. The van der Waals surface area contributed by atoms with Gasteiger partial charge in [-0.3, -0.25) is 0 Å². The van der Waals surface area contributed by atoms with E-state index < -0.39 is 0 Å². The summed E-state index contributed by atoms with van der Waals surface area (Å²) in [6, 6.07) is 26.0. The van der Waals surface area contributed by atoms with Crippen molar-refractivity contribution in [3.63, 3.8) is 0 Å². The van der Waals surface area contributed by atoms with Crippen LogP contribution in [0.1, 0.15) is 36.0 Å². The van der Waals surface area contributed by atoms with Gasteiger partial charge in [0.25, 0.3) is 0 Å². The number of benzene rings is 4. The lowest BCUT2D eigenvalue weighted by atomic mass is 9.79. The van der Waals surface area contributed by atoms with E-state index in [2.05, 4.69) is 36.4 Å². The first kappa shape index (κ1) is 19.2. The zero-order valence-corrected chi connectivity index (χ0v) is 17.3. The van der Waals surface area contributed by atoms with Crippen molar-refractivity contribution < 1.29 is 5.11 Å². The SMILES string of the molecule is N#Cc1cccc2ccccc12.Oc1cccc2ccc3c(c12)CCC1=C3C=CCC1. The van der Waals surface area contributed by atoms with Crippen LogP contribution in [0.4, 0.5) is 0 Å².